The molecule has 1 atom stereocenters. The molecule has 0 spiro atoms. The lowest BCUT2D eigenvalue weighted by Gasteiger charge is -2.20. The number of primary amides is 1. The molecule has 33 heavy (non-hydrogen) atoms. The molecule has 6 nitrogen and oxygen atoms in total. The summed E-state index contributed by atoms with van der Waals surface area (Å²) >= 11 is 0. The van der Waals surface area contributed by atoms with Gasteiger partial charge in [0.2, 0.25) is 0 Å². The first kappa shape index (κ1) is 24.4. The summed E-state index contributed by atoms with van der Waals surface area (Å²) in [7, 11) is 0. The molecular weight excluding hydrogens is 414 g/mol. The molecule has 6 heteroatoms. The molecule has 3 aromatic rings. The van der Waals surface area contributed by atoms with E-state index in [1.165, 1.54) is 0 Å². The van der Waals surface area contributed by atoms with Crippen LogP contribution in [-0.2, 0) is 6.42 Å². The Hall–Kier alpha value is -3.22. The summed E-state index contributed by atoms with van der Waals surface area (Å²) in [6.45, 7) is 5.79. The van der Waals surface area contributed by atoms with E-state index in [2.05, 4.69) is 36.3 Å². The van der Waals surface area contributed by atoms with Crippen LogP contribution < -0.4 is 15.8 Å². The Morgan fingerprint density at radius 2 is 1.91 bits per heavy atom. The van der Waals surface area contributed by atoms with E-state index in [-0.39, 0.29) is 0 Å². The number of nitrogens with one attached hydrogen (secondary N) is 1. The number of hydrogen-bond donors (Lipinski definition) is 3. The van der Waals surface area contributed by atoms with Crippen molar-refractivity contribution in [2.75, 3.05) is 19.7 Å². The van der Waals surface area contributed by atoms with Crippen LogP contribution in [0.1, 0.15) is 47.9 Å². The first-order chi connectivity index (χ1) is 16.0. The van der Waals surface area contributed by atoms with Gasteiger partial charge in [-0.15, -0.1) is 0 Å². The molecule has 1 amide bonds. The summed E-state index contributed by atoms with van der Waals surface area (Å²) in [5.74, 6) is 0.398. The summed E-state index contributed by atoms with van der Waals surface area (Å²) in [6, 6.07) is 17.5. The van der Waals surface area contributed by atoms with Gasteiger partial charge in [-0.25, -0.2) is 0 Å². The lowest BCUT2D eigenvalue weighted by atomic mass is 9.93. The molecule has 3 rings (SSSR count). The average Bonchev–Trinajstić information content (AvgIpc) is 2.83. The molecule has 4 N–H and O–H groups in total. The van der Waals surface area contributed by atoms with E-state index < -0.39 is 12.0 Å². The van der Waals surface area contributed by atoms with Crippen molar-refractivity contribution < 1.29 is 14.6 Å². The summed E-state index contributed by atoms with van der Waals surface area (Å²) in [4.78, 5) is 16.2. The van der Waals surface area contributed by atoms with Crippen LogP contribution in [0.5, 0.6) is 5.75 Å². The normalized spacial score (nSPS) is 12.0. The number of nitrogens with two attached hydrogens (primary N) is 1. The Balaban J connectivity index is 1.77. The van der Waals surface area contributed by atoms with E-state index in [9.17, 15) is 9.90 Å². The van der Waals surface area contributed by atoms with Crippen LogP contribution in [0.15, 0.2) is 67.0 Å². The van der Waals surface area contributed by atoms with Gasteiger partial charge in [-0.1, -0.05) is 56.3 Å². The monoisotopic (exact) mass is 447 g/mol. The lowest BCUT2D eigenvalue weighted by Crippen LogP contribution is -2.23. The van der Waals surface area contributed by atoms with Crippen LogP contribution in [0.2, 0.25) is 0 Å². The van der Waals surface area contributed by atoms with E-state index in [0.29, 0.717) is 43.3 Å². The van der Waals surface area contributed by atoms with Crippen molar-refractivity contribution in [3.63, 3.8) is 0 Å². The number of pyridine rings is 1. The molecule has 0 bridgehead atoms. The number of hydrogen-bond acceptors (Lipinski definition) is 5. The van der Waals surface area contributed by atoms with Gasteiger partial charge in [0.05, 0.1) is 18.3 Å². The highest BCUT2D eigenvalue weighted by atomic mass is 16.5. The maximum Gasteiger partial charge on any atom is 0.252 e. The maximum absolute atomic E-state index is 12.1. The van der Waals surface area contributed by atoms with Crippen LogP contribution in [0, 0.1) is 5.92 Å². The number of carbonyl (C=O) groups is 1. The van der Waals surface area contributed by atoms with Gasteiger partial charge < -0.3 is 20.9 Å². The molecule has 1 heterocycles. The number of aromatic nitrogens is 1. The zero-order valence-electron chi connectivity index (χ0n) is 19.3. The molecule has 0 saturated carbocycles. The Morgan fingerprint density at radius 1 is 1.12 bits per heavy atom. The minimum Gasteiger partial charge on any atom is -0.492 e. The molecular formula is C27H33N3O3. The zero-order chi connectivity index (χ0) is 23.6. The van der Waals surface area contributed by atoms with Crippen molar-refractivity contribution in [2.24, 2.45) is 11.7 Å². The number of aliphatic hydroxyl groups is 1. The van der Waals surface area contributed by atoms with Crippen molar-refractivity contribution in [3.05, 3.63) is 83.7 Å². The van der Waals surface area contributed by atoms with Gasteiger partial charge in [-0.05, 0) is 48.6 Å². The topological polar surface area (TPSA) is 97.5 Å². The molecule has 1 aromatic heterocycles. The number of ether oxygens (including phenoxy) is 1. The average molecular weight is 448 g/mol. The summed E-state index contributed by atoms with van der Waals surface area (Å²) in [6.07, 6.45) is 4.26. The number of nitrogens with zero attached hydrogens (tertiary/aromatic N) is 1. The van der Waals surface area contributed by atoms with E-state index in [0.717, 1.165) is 28.7 Å². The first-order valence-electron chi connectivity index (χ1n) is 11.4. The molecule has 0 saturated heterocycles. The van der Waals surface area contributed by atoms with Crippen molar-refractivity contribution in [3.8, 4) is 16.9 Å². The van der Waals surface area contributed by atoms with Gasteiger partial charge >= 0.3 is 0 Å². The maximum atomic E-state index is 12.1. The largest absolute Gasteiger partial charge is 0.492 e. The molecule has 0 radical (unpaired) electrons. The van der Waals surface area contributed by atoms with Gasteiger partial charge in [0.15, 0.2) is 0 Å². The Labute approximate surface area is 195 Å². The van der Waals surface area contributed by atoms with E-state index >= 15 is 0 Å². The predicted octanol–water partition coefficient (Wildman–Crippen LogP) is 4.14. The van der Waals surface area contributed by atoms with Gasteiger partial charge in [0.1, 0.15) is 5.75 Å². The van der Waals surface area contributed by atoms with E-state index in [4.69, 9.17) is 10.5 Å². The Morgan fingerprint density at radius 3 is 2.58 bits per heavy atom. The van der Waals surface area contributed by atoms with E-state index in [1.807, 2.05) is 36.4 Å². The smallest absolute Gasteiger partial charge is 0.252 e. The number of carbonyl (C=O) groups excluding carboxylic acids is 1. The van der Waals surface area contributed by atoms with Crippen LogP contribution >= 0.6 is 0 Å². The molecule has 0 aliphatic rings. The molecule has 0 aliphatic carbocycles. The second-order valence-electron chi connectivity index (χ2n) is 8.51. The second kappa shape index (κ2) is 12.1. The molecule has 0 aliphatic heterocycles. The second-order valence-corrected chi connectivity index (χ2v) is 8.51. The van der Waals surface area contributed by atoms with Gasteiger partial charge in [-0.3, -0.25) is 9.78 Å². The van der Waals surface area contributed by atoms with Crippen molar-refractivity contribution in [2.45, 2.75) is 32.8 Å². The van der Waals surface area contributed by atoms with Gasteiger partial charge in [0, 0.05) is 30.1 Å². The SMILES string of the molecule is CC(C)COc1c(C(N)=O)ccc(-c2ccccc2)c1CCCNC[C@H](O)c1cccnc1. The van der Waals surface area contributed by atoms with E-state index in [1.54, 1.807) is 18.5 Å². The molecule has 2 aromatic carbocycles. The summed E-state index contributed by atoms with van der Waals surface area (Å²) in [5, 5.41) is 13.6. The highest BCUT2D eigenvalue weighted by Crippen LogP contribution is 2.35. The lowest BCUT2D eigenvalue weighted by molar-refractivity contribution is 0.0995. The molecule has 0 unspecified atom stereocenters. The van der Waals surface area contributed by atoms with Crippen LogP contribution in [0.3, 0.4) is 0 Å². The van der Waals surface area contributed by atoms with Crippen LogP contribution in [-0.4, -0.2) is 35.7 Å². The minimum absolute atomic E-state index is 0.314. The van der Waals surface area contributed by atoms with Crippen LogP contribution in [0.25, 0.3) is 11.1 Å². The van der Waals surface area contributed by atoms with Crippen molar-refractivity contribution in [1.82, 2.24) is 10.3 Å². The number of amides is 1. The zero-order valence-corrected chi connectivity index (χ0v) is 19.3. The summed E-state index contributed by atoms with van der Waals surface area (Å²) < 4.78 is 6.14. The third-order valence-electron chi connectivity index (χ3n) is 5.36. The highest BCUT2D eigenvalue weighted by molar-refractivity contribution is 5.97. The Kier molecular flexibility index (Phi) is 8.98. The quantitative estimate of drug-likeness (QED) is 0.363. The third kappa shape index (κ3) is 6.88. The fourth-order valence-corrected chi connectivity index (χ4v) is 3.69. The van der Waals surface area contributed by atoms with Gasteiger partial charge in [0.25, 0.3) is 5.91 Å². The Bertz CT molecular complexity index is 1020. The standard InChI is InChI=1S/C27H33N3O3/c1-19(2)18-33-26-23(11-7-15-30-17-25(31)21-10-6-14-29-16-21)22(12-13-24(26)27(28)32)20-8-4-3-5-9-20/h3-6,8-10,12-14,16,19,25,30-31H,7,11,15,17-18H2,1-2H3,(H2,28,32)/t25-/m0/s1. The predicted molar refractivity (Wildman–Crippen MR) is 131 cm³/mol. The summed E-state index contributed by atoms with van der Waals surface area (Å²) in [5.41, 5.74) is 9.96. The first-order valence-corrected chi connectivity index (χ1v) is 11.4. The fraction of sp³-hybridized carbons (Fsp3) is 0.333. The third-order valence-corrected chi connectivity index (χ3v) is 5.36. The highest BCUT2D eigenvalue weighted by Gasteiger charge is 2.19. The van der Waals surface area contributed by atoms with Crippen LogP contribution in [0.4, 0.5) is 0 Å². The van der Waals surface area contributed by atoms with Crippen molar-refractivity contribution in [1.29, 1.82) is 0 Å². The molecule has 0 fully saturated rings. The number of aliphatic hydroxyl groups excluding tert-OH is 1. The number of benzene rings is 2. The van der Waals surface area contributed by atoms with Gasteiger partial charge in [-0.2, -0.15) is 0 Å². The molecule has 174 valence electrons. The fourth-order valence-electron chi connectivity index (χ4n) is 3.69. The number of rotatable bonds is 12. The van der Waals surface area contributed by atoms with Crippen molar-refractivity contribution >= 4 is 5.91 Å². The minimum atomic E-state index is -0.610.